The van der Waals surface area contributed by atoms with Gasteiger partial charge in [0.05, 0.1) is 0 Å². The van der Waals surface area contributed by atoms with Crippen LogP contribution in [0.3, 0.4) is 0 Å². The Morgan fingerprint density at radius 2 is 1.76 bits per heavy atom. The maximum Gasteiger partial charge on any atom is 0.247 e. The average molecular weight is 308 g/mol. The summed E-state index contributed by atoms with van der Waals surface area (Å²) in [6.07, 6.45) is 2.33. The van der Waals surface area contributed by atoms with Crippen molar-refractivity contribution in [3.8, 4) is 11.5 Å². The molecule has 0 saturated carbocycles. The summed E-state index contributed by atoms with van der Waals surface area (Å²) >= 11 is 0. The van der Waals surface area contributed by atoms with Crippen molar-refractivity contribution < 1.29 is 4.42 Å². The summed E-state index contributed by atoms with van der Waals surface area (Å²) in [4.78, 5) is 0. The van der Waals surface area contributed by atoms with Gasteiger partial charge in [0.15, 0.2) is 0 Å². The van der Waals surface area contributed by atoms with E-state index in [4.69, 9.17) is 4.42 Å². The van der Waals surface area contributed by atoms with Crippen molar-refractivity contribution in [2.45, 2.75) is 32.1 Å². The number of nitrogens with zero attached hydrogens (tertiary/aromatic N) is 2. The molecule has 114 valence electrons. The van der Waals surface area contributed by atoms with Gasteiger partial charge in [0.25, 0.3) is 0 Å². The maximum absolute atomic E-state index is 5.95. The Morgan fingerprint density at radius 1 is 1.10 bits per heavy atom. The van der Waals surface area contributed by atoms with E-state index < -0.39 is 0 Å². The van der Waals surface area contributed by atoms with Crippen LogP contribution in [-0.2, 0) is 5.41 Å². The molecule has 4 nitrogen and oxygen atoms in total. The third-order valence-corrected chi connectivity index (χ3v) is 4.36. The number of hydrogen-bond donors (Lipinski definition) is 1. The number of piperidine rings is 1. The lowest BCUT2D eigenvalue weighted by Gasteiger charge is -2.34. The maximum atomic E-state index is 5.95. The second kappa shape index (κ2) is 6.58. The van der Waals surface area contributed by atoms with E-state index in [1.807, 2.05) is 30.3 Å². The minimum Gasteiger partial charge on any atom is -0.420 e. The molecule has 0 unspecified atom stereocenters. The van der Waals surface area contributed by atoms with Crippen LogP contribution < -0.4 is 5.32 Å². The van der Waals surface area contributed by atoms with E-state index in [1.165, 1.54) is 0 Å². The van der Waals surface area contributed by atoms with Crippen LogP contribution in [0.25, 0.3) is 11.5 Å². The molecule has 0 bridgehead atoms. The fourth-order valence-electron chi connectivity index (χ4n) is 2.90. The van der Waals surface area contributed by atoms with Gasteiger partial charge in [-0.3, -0.25) is 0 Å². The first kappa shape index (κ1) is 16.0. The Bertz CT molecular complexity index is 562. The van der Waals surface area contributed by atoms with Crippen LogP contribution in [0.4, 0.5) is 0 Å². The number of aromatic nitrogens is 2. The number of hydrogen-bond acceptors (Lipinski definition) is 4. The van der Waals surface area contributed by atoms with Crippen molar-refractivity contribution in [1.29, 1.82) is 0 Å². The molecule has 0 radical (unpaired) electrons. The molecule has 21 heavy (non-hydrogen) atoms. The van der Waals surface area contributed by atoms with Crippen molar-refractivity contribution in [1.82, 2.24) is 15.5 Å². The molecule has 3 rings (SSSR count). The fraction of sp³-hybridized carbons (Fsp3) is 0.500. The number of rotatable bonds is 3. The summed E-state index contributed by atoms with van der Waals surface area (Å²) in [5.41, 5.74) is 0.912. The lowest BCUT2D eigenvalue weighted by molar-refractivity contribution is 0.208. The second-order valence-corrected chi connectivity index (χ2v) is 6.02. The van der Waals surface area contributed by atoms with Crippen LogP contribution in [0, 0.1) is 5.92 Å². The molecule has 1 fully saturated rings. The van der Waals surface area contributed by atoms with Gasteiger partial charge in [0.2, 0.25) is 11.8 Å². The van der Waals surface area contributed by atoms with Gasteiger partial charge in [-0.15, -0.1) is 22.6 Å². The standard InChI is InChI=1S/C16H21N3O.ClH/c1-16(2,13-8-10-17-11-9-13)15-19-18-14(20-15)12-6-4-3-5-7-12;/h3-7,13,17H,8-11H2,1-2H3;1H. The monoisotopic (exact) mass is 307 g/mol. The molecule has 1 aliphatic rings. The molecule has 2 aromatic rings. The zero-order chi connectivity index (χ0) is 14.0. The van der Waals surface area contributed by atoms with E-state index in [9.17, 15) is 0 Å². The molecule has 0 spiro atoms. The Morgan fingerprint density at radius 3 is 2.43 bits per heavy atom. The first-order chi connectivity index (χ1) is 9.68. The smallest absolute Gasteiger partial charge is 0.247 e. The summed E-state index contributed by atoms with van der Waals surface area (Å²) in [5.74, 6) is 1.96. The fourth-order valence-corrected chi connectivity index (χ4v) is 2.90. The molecule has 1 saturated heterocycles. The van der Waals surface area contributed by atoms with Crippen LogP contribution >= 0.6 is 12.4 Å². The predicted octanol–water partition coefficient (Wildman–Crippen LogP) is 3.44. The quantitative estimate of drug-likeness (QED) is 0.944. The summed E-state index contributed by atoms with van der Waals surface area (Å²) in [7, 11) is 0. The first-order valence-corrected chi connectivity index (χ1v) is 7.28. The number of benzene rings is 1. The van der Waals surface area contributed by atoms with Crippen molar-refractivity contribution in [2.75, 3.05) is 13.1 Å². The molecule has 0 atom stereocenters. The van der Waals surface area contributed by atoms with E-state index in [-0.39, 0.29) is 17.8 Å². The highest BCUT2D eigenvalue weighted by molar-refractivity contribution is 5.85. The topological polar surface area (TPSA) is 51.0 Å². The molecule has 0 aliphatic carbocycles. The molecule has 0 amide bonds. The Balaban J connectivity index is 0.00000161. The van der Waals surface area contributed by atoms with Crippen LogP contribution in [0.15, 0.2) is 34.7 Å². The number of nitrogens with one attached hydrogen (secondary N) is 1. The normalized spacial score (nSPS) is 16.5. The van der Waals surface area contributed by atoms with Crippen LogP contribution in [-0.4, -0.2) is 23.3 Å². The second-order valence-electron chi connectivity index (χ2n) is 6.02. The molecule has 1 aliphatic heterocycles. The van der Waals surface area contributed by atoms with Crippen LogP contribution in [0.5, 0.6) is 0 Å². The minimum absolute atomic E-state index is 0. The summed E-state index contributed by atoms with van der Waals surface area (Å²) in [5, 5.41) is 11.9. The Kier molecular flexibility index (Phi) is 5.01. The minimum atomic E-state index is -0.0673. The highest BCUT2D eigenvalue weighted by Gasteiger charge is 2.36. The molecular weight excluding hydrogens is 286 g/mol. The SMILES string of the molecule is CC(C)(c1nnc(-c2ccccc2)o1)C1CCNCC1.Cl. The van der Waals surface area contributed by atoms with Crippen molar-refractivity contribution >= 4 is 12.4 Å². The van der Waals surface area contributed by atoms with E-state index >= 15 is 0 Å². The van der Waals surface area contributed by atoms with Gasteiger partial charge in [-0.1, -0.05) is 32.0 Å². The van der Waals surface area contributed by atoms with Gasteiger partial charge >= 0.3 is 0 Å². The molecule has 1 aromatic carbocycles. The largest absolute Gasteiger partial charge is 0.420 e. The van der Waals surface area contributed by atoms with Crippen LogP contribution in [0.1, 0.15) is 32.6 Å². The lowest BCUT2D eigenvalue weighted by Crippen LogP contribution is -2.38. The van der Waals surface area contributed by atoms with Crippen molar-refractivity contribution in [2.24, 2.45) is 5.92 Å². The van der Waals surface area contributed by atoms with E-state index in [1.54, 1.807) is 0 Å². The van der Waals surface area contributed by atoms with Crippen molar-refractivity contribution in [3.05, 3.63) is 36.2 Å². The van der Waals surface area contributed by atoms with Gasteiger partial charge in [-0.25, -0.2) is 0 Å². The summed E-state index contributed by atoms with van der Waals surface area (Å²) < 4.78 is 5.95. The first-order valence-electron chi connectivity index (χ1n) is 7.28. The molecule has 1 aromatic heterocycles. The molecular formula is C16H22ClN3O. The van der Waals surface area contributed by atoms with E-state index in [0.717, 1.165) is 37.4 Å². The lowest BCUT2D eigenvalue weighted by atomic mass is 9.74. The third-order valence-electron chi connectivity index (χ3n) is 4.36. The Hall–Kier alpha value is -1.39. The predicted molar refractivity (Wildman–Crippen MR) is 85.6 cm³/mol. The van der Waals surface area contributed by atoms with Gasteiger partial charge in [0, 0.05) is 11.0 Å². The highest BCUT2D eigenvalue weighted by atomic mass is 35.5. The highest BCUT2D eigenvalue weighted by Crippen LogP contribution is 2.37. The van der Waals surface area contributed by atoms with Crippen molar-refractivity contribution in [3.63, 3.8) is 0 Å². The number of halogens is 1. The van der Waals surface area contributed by atoms with Gasteiger partial charge in [0.1, 0.15) is 0 Å². The van der Waals surface area contributed by atoms with Gasteiger partial charge in [-0.05, 0) is 44.0 Å². The van der Waals surface area contributed by atoms with Crippen LogP contribution in [0.2, 0.25) is 0 Å². The summed E-state index contributed by atoms with van der Waals surface area (Å²) in [6.45, 7) is 6.58. The van der Waals surface area contributed by atoms with Gasteiger partial charge in [-0.2, -0.15) is 0 Å². The van der Waals surface area contributed by atoms with E-state index in [0.29, 0.717) is 11.8 Å². The average Bonchev–Trinajstić information content (AvgIpc) is 3.00. The van der Waals surface area contributed by atoms with Gasteiger partial charge < -0.3 is 9.73 Å². The zero-order valence-electron chi connectivity index (χ0n) is 12.5. The molecule has 1 N–H and O–H groups in total. The molecule has 5 heteroatoms. The molecule has 2 heterocycles. The van der Waals surface area contributed by atoms with E-state index in [2.05, 4.69) is 29.4 Å². The Labute approximate surface area is 131 Å². The summed E-state index contributed by atoms with van der Waals surface area (Å²) in [6, 6.07) is 9.94. The third kappa shape index (κ3) is 3.27. The zero-order valence-corrected chi connectivity index (χ0v) is 13.3.